The van der Waals surface area contributed by atoms with Gasteiger partial charge in [0.05, 0.1) is 0 Å². The Morgan fingerprint density at radius 1 is 1.28 bits per heavy atom. The molecule has 0 aromatic heterocycles. The molecule has 1 unspecified atom stereocenters. The maximum Gasteiger partial charge on any atom is 0.383 e. The van der Waals surface area contributed by atoms with Crippen LogP contribution in [0.5, 0.6) is 0 Å². The first-order chi connectivity index (χ1) is 8.34. The molecule has 1 aromatic carbocycles. The highest BCUT2D eigenvalue weighted by Gasteiger charge is 2.49. The monoisotopic (exact) mass is 263 g/mol. The van der Waals surface area contributed by atoms with E-state index in [0.717, 1.165) is 5.56 Å². The lowest BCUT2D eigenvalue weighted by Gasteiger charge is -2.19. The lowest BCUT2D eigenvalue weighted by Crippen LogP contribution is -2.48. The van der Waals surface area contributed by atoms with E-state index in [1.807, 2.05) is 5.32 Å². The molecule has 0 radical (unpaired) electrons. The van der Waals surface area contributed by atoms with Gasteiger partial charge in [0.1, 0.15) is 0 Å². The third kappa shape index (κ3) is 3.72. The van der Waals surface area contributed by atoms with Gasteiger partial charge in [-0.2, -0.15) is 8.78 Å². The summed E-state index contributed by atoms with van der Waals surface area (Å²) in [4.78, 5) is 11.0. The standard InChI is InChI=1S/C12H13F4NO/c1-8(7-9-5-3-2-4-6-9)17-11(18)12(15,16)10(13)14/h2-6,8,10H,7H2,1H3,(H,17,18). The molecule has 100 valence electrons. The summed E-state index contributed by atoms with van der Waals surface area (Å²) >= 11 is 0. The first kappa shape index (κ1) is 14.5. The first-order valence-electron chi connectivity index (χ1n) is 5.35. The van der Waals surface area contributed by atoms with E-state index in [1.54, 1.807) is 30.3 Å². The molecule has 2 nitrogen and oxygen atoms in total. The lowest BCUT2D eigenvalue weighted by molar-refractivity contribution is -0.170. The third-order valence-electron chi connectivity index (χ3n) is 2.34. The average molecular weight is 263 g/mol. The first-order valence-corrected chi connectivity index (χ1v) is 5.35. The molecule has 0 aliphatic carbocycles. The number of hydrogen-bond donors (Lipinski definition) is 1. The molecular formula is C12H13F4NO. The smallest absolute Gasteiger partial charge is 0.348 e. The molecule has 18 heavy (non-hydrogen) atoms. The Bertz CT molecular complexity index is 394. The molecule has 1 aromatic rings. The van der Waals surface area contributed by atoms with Crippen LogP contribution >= 0.6 is 0 Å². The van der Waals surface area contributed by atoms with E-state index in [-0.39, 0.29) is 0 Å². The molecular weight excluding hydrogens is 250 g/mol. The number of alkyl halides is 4. The number of benzene rings is 1. The van der Waals surface area contributed by atoms with Gasteiger partial charge in [0.2, 0.25) is 0 Å². The molecule has 6 heteroatoms. The highest BCUT2D eigenvalue weighted by atomic mass is 19.3. The Morgan fingerprint density at radius 3 is 2.33 bits per heavy atom. The molecule has 1 amide bonds. The summed E-state index contributed by atoms with van der Waals surface area (Å²) in [6, 6.07) is 8.18. The second kappa shape index (κ2) is 5.84. The van der Waals surface area contributed by atoms with Gasteiger partial charge in [0.15, 0.2) is 0 Å². The predicted molar refractivity (Wildman–Crippen MR) is 58.7 cm³/mol. The van der Waals surface area contributed by atoms with E-state index in [2.05, 4.69) is 0 Å². The van der Waals surface area contributed by atoms with Crippen molar-refractivity contribution in [2.75, 3.05) is 0 Å². The Kier molecular flexibility index (Phi) is 4.69. The Morgan fingerprint density at radius 2 is 1.83 bits per heavy atom. The van der Waals surface area contributed by atoms with Crippen LogP contribution in [0, 0.1) is 0 Å². The van der Waals surface area contributed by atoms with Crippen LogP contribution in [0.1, 0.15) is 12.5 Å². The van der Waals surface area contributed by atoms with E-state index < -0.39 is 24.3 Å². The lowest BCUT2D eigenvalue weighted by atomic mass is 10.1. The van der Waals surface area contributed by atoms with Gasteiger partial charge in [-0.25, -0.2) is 8.78 Å². The van der Waals surface area contributed by atoms with Gasteiger partial charge in [0.25, 0.3) is 5.91 Å². The van der Waals surface area contributed by atoms with Gasteiger partial charge in [-0.1, -0.05) is 30.3 Å². The van der Waals surface area contributed by atoms with E-state index >= 15 is 0 Å². The van der Waals surface area contributed by atoms with Crippen LogP contribution in [0.15, 0.2) is 30.3 Å². The zero-order valence-electron chi connectivity index (χ0n) is 9.67. The Balaban J connectivity index is 2.55. The minimum absolute atomic E-state index is 0.298. The predicted octanol–water partition coefficient (Wildman–Crippen LogP) is 2.63. The van der Waals surface area contributed by atoms with E-state index in [4.69, 9.17) is 0 Å². The summed E-state index contributed by atoms with van der Waals surface area (Å²) in [5, 5.41) is 1.88. The number of carbonyl (C=O) groups is 1. The van der Waals surface area contributed by atoms with Crippen LogP contribution in [-0.4, -0.2) is 24.3 Å². The van der Waals surface area contributed by atoms with Gasteiger partial charge >= 0.3 is 12.3 Å². The largest absolute Gasteiger partial charge is 0.383 e. The molecule has 1 rings (SSSR count). The molecule has 0 spiro atoms. The second-order valence-electron chi connectivity index (χ2n) is 3.99. The van der Waals surface area contributed by atoms with Crippen molar-refractivity contribution < 1.29 is 22.4 Å². The van der Waals surface area contributed by atoms with Gasteiger partial charge in [-0.15, -0.1) is 0 Å². The van der Waals surface area contributed by atoms with Gasteiger partial charge in [0, 0.05) is 6.04 Å². The summed E-state index contributed by atoms with van der Waals surface area (Å²) in [7, 11) is 0. The normalized spacial score (nSPS) is 13.4. The van der Waals surface area contributed by atoms with Crippen molar-refractivity contribution >= 4 is 5.91 Å². The summed E-state index contributed by atoms with van der Waals surface area (Å²) in [5.74, 6) is -6.59. The van der Waals surface area contributed by atoms with Gasteiger partial charge < -0.3 is 5.32 Å². The molecule has 0 saturated carbocycles. The molecule has 0 heterocycles. The van der Waals surface area contributed by atoms with Crippen molar-refractivity contribution in [1.82, 2.24) is 5.32 Å². The highest BCUT2D eigenvalue weighted by molar-refractivity contribution is 5.84. The van der Waals surface area contributed by atoms with Gasteiger partial charge in [-0.05, 0) is 18.9 Å². The van der Waals surface area contributed by atoms with Crippen molar-refractivity contribution in [3.8, 4) is 0 Å². The summed E-state index contributed by atoms with van der Waals surface area (Å²) in [6.45, 7) is 1.48. The molecule has 0 fully saturated rings. The number of amides is 1. The van der Waals surface area contributed by atoms with Gasteiger partial charge in [-0.3, -0.25) is 4.79 Å². The quantitative estimate of drug-likeness (QED) is 0.813. The second-order valence-corrected chi connectivity index (χ2v) is 3.99. The van der Waals surface area contributed by atoms with Crippen LogP contribution in [0.2, 0.25) is 0 Å². The fourth-order valence-electron chi connectivity index (χ4n) is 1.44. The zero-order valence-corrected chi connectivity index (χ0v) is 9.67. The van der Waals surface area contributed by atoms with E-state index in [9.17, 15) is 22.4 Å². The molecule has 0 bridgehead atoms. The fourth-order valence-corrected chi connectivity index (χ4v) is 1.44. The third-order valence-corrected chi connectivity index (χ3v) is 2.34. The molecule has 0 aliphatic heterocycles. The highest BCUT2D eigenvalue weighted by Crippen LogP contribution is 2.23. The summed E-state index contributed by atoms with van der Waals surface area (Å²) in [5.41, 5.74) is 0.825. The Hall–Kier alpha value is -1.59. The minimum atomic E-state index is -4.65. The van der Waals surface area contributed by atoms with Crippen molar-refractivity contribution in [3.05, 3.63) is 35.9 Å². The van der Waals surface area contributed by atoms with Crippen LogP contribution in [0.25, 0.3) is 0 Å². The maximum absolute atomic E-state index is 12.7. The van der Waals surface area contributed by atoms with Crippen LogP contribution in [0.3, 0.4) is 0 Å². The van der Waals surface area contributed by atoms with Crippen molar-refractivity contribution in [3.63, 3.8) is 0 Å². The van der Waals surface area contributed by atoms with E-state index in [1.165, 1.54) is 6.92 Å². The molecule has 0 aliphatic rings. The molecule has 1 atom stereocenters. The fraction of sp³-hybridized carbons (Fsp3) is 0.417. The maximum atomic E-state index is 12.7. The summed E-state index contributed by atoms with van der Waals surface area (Å²) in [6.07, 6.45) is -3.70. The number of carbonyl (C=O) groups excluding carboxylic acids is 1. The number of rotatable bonds is 5. The topological polar surface area (TPSA) is 29.1 Å². The average Bonchev–Trinajstić information content (AvgIpc) is 2.29. The number of hydrogen-bond acceptors (Lipinski definition) is 1. The SMILES string of the molecule is CC(Cc1ccccc1)NC(=O)C(F)(F)C(F)F. The number of nitrogens with one attached hydrogen (secondary N) is 1. The molecule has 1 N–H and O–H groups in total. The number of halogens is 4. The zero-order chi connectivity index (χ0) is 13.8. The summed E-state index contributed by atoms with van der Waals surface area (Å²) < 4.78 is 49.2. The van der Waals surface area contributed by atoms with Crippen LogP contribution in [0.4, 0.5) is 17.6 Å². The Labute approximate surface area is 102 Å². The van der Waals surface area contributed by atoms with Crippen LogP contribution < -0.4 is 5.32 Å². The van der Waals surface area contributed by atoms with Crippen molar-refractivity contribution in [1.29, 1.82) is 0 Å². The molecule has 0 saturated heterocycles. The van der Waals surface area contributed by atoms with Crippen molar-refractivity contribution in [2.24, 2.45) is 0 Å². The van der Waals surface area contributed by atoms with E-state index in [0.29, 0.717) is 6.42 Å². The van der Waals surface area contributed by atoms with Crippen LogP contribution in [-0.2, 0) is 11.2 Å². The minimum Gasteiger partial charge on any atom is -0.348 e. The van der Waals surface area contributed by atoms with Crippen molar-refractivity contribution in [2.45, 2.75) is 31.7 Å².